The predicted molar refractivity (Wildman–Crippen MR) is 118 cm³/mol. The number of thiophene rings is 1. The first-order valence-electron chi connectivity index (χ1n) is 9.26. The van der Waals surface area contributed by atoms with Crippen LogP contribution in [-0.4, -0.2) is 21.1 Å². The molecule has 0 aliphatic rings. The Balaban J connectivity index is 1.56. The van der Waals surface area contributed by atoms with E-state index in [0.717, 1.165) is 26.7 Å². The fourth-order valence-corrected chi connectivity index (χ4v) is 4.93. The maximum atomic E-state index is 13.2. The predicted octanol–water partition coefficient (Wildman–Crippen LogP) is 6.50. The van der Waals surface area contributed by atoms with Crippen molar-refractivity contribution in [3.63, 3.8) is 0 Å². The van der Waals surface area contributed by atoms with Gasteiger partial charge in [0.15, 0.2) is 0 Å². The quantitative estimate of drug-likeness (QED) is 0.274. The molecule has 4 nitrogen and oxygen atoms in total. The van der Waals surface area contributed by atoms with Crippen LogP contribution in [0.15, 0.2) is 72.0 Å². The van der Waals surface area contributed by atoms with Gasteiger partial charge in [-0.05, 0) is 30.7 Å². The Hall–Kier alpha value is -2.91. The van der Waals surface area contributed by atoms with Crippen LogP contribution < -0.4 is 5.32 Å². The van der Waals surface area contributed by atoms with Crippen molar-refractivity contribution in [2.24, 2.45) is 0 Å². The fraction of sp³-hybridized carbons (Fsp3) is 0.136. The number of rotatable bonds is 5. The molecule has 4 rings (SSSR count). The highest BCUT2D eigenvalue weighted by Gasteiger charge is 2.34. The van der Waals surface area contributed by atoms with Crippen LogP contribution in [0.3, 0.4) is 0 Å². The molecule has 2 aromatic heterocycles. The summed E-state index contributed by atoms with van der Waals surface area (Å²) in [6.45, 7) is 1.63. The molecular weight excluding hydrogens is 443 g/mol. The molecule has 0 radical (unpaired) electrons. The molecule has 0 saturated heterocycles. The maximum absolute atomic E-state index is 13.2. The van der Waals surface area contributed by atoms with Crippen molar-refractivity contribution in [2.75, 3.05) is 5.32 Å². The number of aromatic nitrogens is 2. The molecule has 0 aliphatic heterocycles. The Morgan fingerprint density at radius 3 is 2.52 bits per heavy atom. The molecule has 0 aliphatic carbocycles. The molecule has 1 N–H and O–H groups in total. The van der Waals surface area contributed by atoms with Crippen molar-refractivity contribution in [3.05, 3.63) is 72.6 Å². The SMILES string of the molecule is C[C@H](Sc1ncnc2sc(-c3ccccc3)cc12)C(=O)Nc1ccccc1C(F)(F)F. The van der Waals surface area contributed by atoms with Gasteiger partial charge in [0.25, 0.3) is 0 Å². The van der Waals surface area contributed by atoms with E-state index in [0.29, 0.717) is 5.03 Å². The van der Waals surface area contributed by atoms with Crippen LogP contribution in [0.5, 0.6) is 0 Å². The molecule has 31 heavy (non-hydrogen) atoms. The number of carbonyl (C=O) groups excluding carboxylic acids is 1. The third-order valence-electron chi connectivity index (χ3n) is 4.50. The van der Waals surface area contributed by atoms with Gasteiger partial charge in [-0.15, -0.1) is 11.3 Å². The van der Waals surface area contributed by atoms with E-state index in [2.05, 4.69) is 15.3 Å². The van der Waals surface area contributed by atoms with Crippen LogP contribution in [-0.2, 0) is 11.0 Å². The lowest BCUT2D eigenvalue weighted by atomic mass is 10.1. The number of thioether (sulfide) groups is 1. The molecule has 0 bridgehead atoms. The molecule has 158 valence electrons. The van der Waals surface area contributed by atoms with E-state index in [1.807, 2.05) is 36.4 Å². The van der Waals surface area contributed by atoms with Crippen molar-refractivity contribution >= 4 is 44.9 Å². The Kier molecular flexibility index (Phi) is 5.97. The number of benzene rings is 2. The monoisotopic (exact) mass is 459 g/mol. The summed E-state index contributed by atoms with van der Waals surface area (Å²) in [6.07, 6.45) is -3.12. The van der Waals surface area contributed by atoms with Crippen molar-refractivity contribution in [1.29, 1.82) is 0 Å². The van der Waals surface area contributed by atoms with E-state index in [4.69, 9.17) is 0 Å². The number of anilines is 1. The van der Waals surface area contributed by atoms with Gasteiger partial charge in [0.1, 0.15) is 16.2 Å². The third-order valence-corrected chi connectivity index (χ3v) is 6.71. The van der Waals surface area contributed by atoms with E-state index in [1.165, 1.54) is 47.6 Å². The number of hydrogen-bond donors (Lipinski definition) is 1. The zero-order chi connectivity index (χ0) is 22.0. The minimum Gasteiger partial charge on any atom is -0.325 e. The fourth-order valence-electron chi connectivity index (χ4n) is 2.97. The van der Waals surface area contributed by atoms with E-state index in [1.54, 1.807) is 6.92 Å². The van der Waals surface area contributed by atoms with E-state index < -0.39 is 22.9 Å². The summed E-state index contributed by atoms with van der Waals surface area (Å²) < 4.78 is 39.6. The van der Waals surface area contributed by atoms with Gasteiger partial charge in [-0.1, -0.05) is 54.2 Å². The highest BCUT2D eigenvalue weighted by molar-refractivity contribution is 8.00. The van der Waals surface area contributed by atoms with Crippen LogP contribution >= 0.6 is 23.1 Å². The Morgan fingerprint density at radius 2 is 1.77 bits per heavy atom. The van der Waals surface area contributed by atoms with Gasteiger partial charge in [0.2, 0.25) is 5.91 Å². The average Bonchev–Trinajstić information content (AvgIpc) is 3.19. The largest absolute Gasteiger partial charge is 0.418 e. The van der Waals surface area contributed by atoms with Crippen LogP contribution in [0.2, 0.25) is 0 Å². The number of nitrogens with zero attached hydrogens (tertiary/aromatic N) is 2. The van der Waals surface area contributed by atoms with Crippen molar-refractivity contribution in [3.8, 4) is 10.4 Å². The highest BCUT2D eigenvalue weighted by Crippen LogP contribution is 2.38. The molecular formula is C22H16F3N3OS2. The maximum Gasteiger partial charge on any atom is 0.418 e. The molecule has 0 unspecified atom stereocenters. The number of nitrogens with one attached hydrogen (secondary N) is 1. The first kappa shape index (κ1) is 21.3. The highest BCUT2D eigenvalue weighted by atomic mass is 32.2. The first-order valence-corrected chi connectivity index (χ1v) is 11.0. The topological polar surface area (TPSA) is 54.9 Å². The number of alkyl halides is 3. The number of hydrogen-bond acceptors (Lipinski definition) is 5. The van der Waals surface area contributed by atoms with E-state index in [9.17, 15) is 18.0 Å². The summed E-state index contributed by atoms with van der Waals surface area (Å²) in [6, 6.07) is 16.7. The summed E-state index contributed by atoms with van der Waals surface area (Å²) in [4.78, 5) is 23.0. The molecule has 9 heteroatoms. The number of halogens is 3. The summed E-state index contributed by atoms with van der Waals surface area (Å²) in [5.74, 6) is -0.535. The van der Waals surface area contributed by atoms with Gasteiger partial charge >= 0.3 is 6.18 Å². The van der Waals surface area contributed by atoms with Crippen LogP contribution in [0.25, 0.3) is 20.7 Å². The summed E-state index contributed by atoms with van der Waals surface area (Å²) in [5, 5.41) is 3.15. The second kappa shape index (κ2) is 8.68. The average molecular weight is 460 g/mol. The molecule has 4 aromatic rings. The number of para-hydroxylation sites is 1. The van der Waals surface area contributed by atoms with Gasteiger partial charge in [-0.25, -0.2) is 9.97 Å². The second-order valence-corrected chi connectivity index (χ2v) is 9.03. The van der Waals surface area contributed by atoms with Gasteiger partial charge in [-0.2, -0.15) is 13.2 Å². The molecule has 1 amide bonds. The summed E-state index contributed by atoms with van der Waals surface area (Å²) in [7, 11) is 0. The van der Waals surface area contributed by atoms with Crippen LogP contribution in [0.1, 0.15) is 12.5 Å². The number of carbonyl (C=O) groups is 1. The molecule has 2 aromatic carbocycles. The number of amides is 1. The van der Waals surface area contributed by atoms with Gasteiger partial charge in [0, 0.05) is 10.3 Å². The standard InChI is InChI=1S/C22H16F3N3OS2/c1-13(19(29)28-17-10-6-5-9-16(17)22(23,24)25)30-20-15-11-18(14-7-3-2-4-8-14)31-21(15)27-12-26-20/h2-13H,1H3,(H,28,29)/t13-/m0/s1. The third kappa shape index (κ3) is 4.72. The smallest absolute Gasteiger partial charge is 0.325 e. The Labute approximate surface area is 184 Å². The summed E-state index contributed by atoms with van der Waals surface area (Å²) in [5.41, 5.74) is -0.0894. The second-order valence-electron chi connectivity index (χ2n) is 6.67. The minimum atomic E-state index is -4.55. The van der Waals surface area contributed by atoms with E-state index >= 15 is 0 Å². The molecule has 0 fully saturated rings. The van der Waals surface area contributed by atoms with Crippen molar-refractivity contribution in [1.82, 2.24) is 9.97 Å². The van der Waals surface area contributed by atoms with Crippen LogP contribution in [0.4, 0.5) is 18.9 Å². The lowest BCUT2D eigenvalue weighted by molar-refractivity contribution is -0.137. The molecule has 2 heterocycles. The van der Waals surface area contributed by atoms with Crippen LogP contribution in [0, 0.1) is 0 Å². The van der Waals surface area contributed by atoms with Crippen molar-refractivity contribution < 1.29 is 18.0 Å². The van der Waals surface area contributed by atoms with E-state index in [-0.39, 0.29) is 5.69 Å². The molecule has 0 saturated carbocycles. The zero-order valence-corrected chi connectivity index (χ0v) is 17.8. The van der Waals surface area contributed by atoms with Gasteiger partial charge < -0.3 is 5.32 Å². The molecule has 0 spiro atoms. The Bertz CT molecular complexity index is 1230. The van der Waals surface area contributed by atoms with Gasteiger partial charge in [0.05, 0.1) is 16.5 Å². The Morgan fingerprint density at radius 1 is 1.06 bits per heavy atom. The van der Waals surface area contributed by atoms with Crippen molar-refractivity contribution in [2.45, 2.75) is 23.4 Å². The summed E-state index contributed by atoms with van der Waals surface area (Å²) >= 11 is 2.70. The zero-order valence-electron chi connectivity index (χ0n) is 16.2. The number of fused-ring (bicyclic) bond motifs is 1. The first-order chi connectivity index (χ1) is 14.8. The molecule has 1 atom stereocenters. The minimum absolute atomic E-state index is 0.262. The lowest BCUT2D eigenvalue weighted by Gasteiger charge is -2.16. The van der Waals surface area contributed by atoms with Gasteiger partial charge in [-0.3, -0.25) is 4.79 Å². The lowest BCUT2D eigenvalue weighted by Crippen LogP contribution is -2.24. The normalized spacial score (nSPS) is 12.6.